The molecule has 0 unspecified atom stereocenters. The molecule has 0 atom stereocenters. The van der Waals surface area contributed by atoms with Crippen molar-refractivity contribution in [2.75, 3.05) is 31.5 Å². The van der Waals surface area contributed by atoms with E-state index >= 15 is 0 Å². The molecule has 2 rings (SSSR count). The SMILES string of the molecule is COc1cc(C)c(CSCC(=O)Nc2ccccc2SC)cc1OC. The molecular formula is C19H23NO3S2. The minimum atomic E-state index is 0.00429. The predicted molar refractivity (Wildman–Crippen MR) is 107 cm³/mol. The van der Waals surface area contributed by atoms with Crippen LogP contribution in [-0.2, 0) is 10.5 Å². The Kier molecular flexibility index (Phi) is 7.52. The van der Waals surface area contributed by atoms with E-state index in [2.05, 4.69) is 5.32 Å². The number of rotatable bonds is 8. The van der Waals surface area contributed by atoms with Crippen molar-refractivity contribution in [3.05, 3.63) is 47.5 Å². The lowest BCUT2D eigenvalue weighted by atomic mass is 10.1. The van der Waals surface area contributed by atoms with Crippen molar-refractivity contribution in [2.24, 2.45) is 0 Å². The molecule has 2 aromatic rings. The molecule has 0 bridgehead atoms. The van der Waals surface area contributed by atoms with Gasteiger partial charge in [0.05, 0.1) is 25.7 Å². The Labute approximate surface area is 157 Å². The largest absolute Gasteiger partial charge is 0.493 e. The van der Waals surface area contributed by atoms with E-state index in [1.165, 1.54) is 0 Å². The minimum absolute atomic E-state index is 0.00429. The zero-order chi connectivity index (χ0) is 18.2. The Morgan fingerprint density at radius 2 is 1.80 bits per heavy atom. The van der Waals surface area contributed by atoms with Crippen molar-refractivity contribution in [2.45, 2.75) is 17.6 Å². The molecule has 0 aliphatic carbocycles. The molecule has 4 nitrogen and oxygen atoms in total. The highest BCUT2D eigenvalue weighted by Crippen LogP contribution is 2.32. The Hall–Kier alpha value is -1.79. The maximum absolute atomic E-state index is 12.2. The number of benzene rings is 2. The number of hydrogen-bond acceptors (Lipinski definition) is 5. The fourth-order valence-electron chi connectivity index (χ4n) is 2.37. The normalized spacial score (nSPS) is 10.4. The number of carbonyl (C=O) groups is 1. The summed E-state index contributed by atoms with van der Waals surface area (Å²) in [5.41, 5.74) is 3.13. The Balaban J connectivity index is 1.93. The second-order valence-electron chi connectivity index (χ2n) is 5.37. The van der Waals surface area contributed by atoms with Gasteiger partial charge in [-0.05, 0) is 48.6 Å². The third kappa shape index (κ3) is 5.34. The lowest BCUT2D eigenvalue weighted by Crippen LogP contribution is -2.14. The van der Waals surface area contributed by atoms with Crippen LogP contribution < -0.4 is 14.8 Å². The molecule has 0 aromatic heterocycles. The molecule has 0 spiro atoms. The Morgan fingerprint density at radius 1 is 1.12 bits per heavy atom. The highest BCUT2D eigenvalue weighted by atomic mass is 32.2. The van der Waals surface area contributed by atoms with E-state index in [0.29, 0.717) is 11.5 Å². The molecule has 0 fully saturated rings. The molecule has 1 N–H and O–H groups in total. The van der Waals surface area contributed by atoms with Gasteiger partial charge in [0.1, 0.15) is 0 Å². The highest BCUT2D eigenvalue weighted by molar-refractivity contribution is 7.99. The van der Waals surface area contributed by atoms with Crippen LogP contribution in [0, 0.1) is 6.92 Å². The van der Waals surface area contributed by atoms with E-state index in [0.717, 1.165) is 33.2 Å². The van der Waals surface area contributed by atoms with Gasteiger partial charge in [-0.1, -0.05) is 12.1 Å². The highest BCUT2D eigenvalue weighted by Gasteiger charge is 2.10. The number of methoxy groups -OCH3 is 2. The summed E-state index contributed by atoms with van der Waals surface area (Å²) in [6.07, 6.45) is 2.00. The van der Waals surface area contributed by atoms with Crippen LogP contribution in [0.3, 0.4) is 0 Å². The van der Waals surface area contributed by atoms with Crippen LogP contribution in [0.15, 0.2) is 41.3 Å². The van der Waals surface area contributed by atoms with Gasteiger partial charge in [-0.25, -0.2) is 0 Å². The van der Waals surface area contributed by atoms with Crippen molar-refractivity contribution in [1.82, 2.24) is 0 Å². The average molecular weight is 378 g/mol. The van der Waals surface area contributed by atoms with Crippen LogP contribution in [0.2, 0.25) is 0 Å². The summed E-state index contributed by atoms with van der Waals surface area (Å²) < 4.78 is 10.7. The Morgan fingerprint density at radius 3 is 2.48 bits per heavy atom. The summed E-state index contributed by atoms with van der Waals surface area (Å²) >= 11 is 3.20. The monoisotopic (exact) mass is 377 g/mol. The van der Waals surface area contributed by atoms with Crippen molar-refractivity contribution >= 4 is 35.1 Å². The summed E-state index contributed by atoms with van der Waals surface area (Å²) in [7, 11) is 3.25. The van der Waals surface area contributed by atoms with Gasteiger partial charge in [-0.3, -0.25) is 4.79 Å². The summed E-state index contributed by atoms with van der Waals surface area (Å²) in [6.45, 7) is 2.03. The maximum atomic E-state index is 12.2. The van der Waals surface area contributed by atoms with Gasteiger partial charge in [0.15, 0.2) is 11.5 Å². The molecule has 0 aliphatic rings. The lowest BCUT2D eigenvalue weighted by Gasteiger charge is -2.13. The summed E-state index contributed by atoms with van der Waals surface area (Å²) in [4.78, 5) is 13.3. The molecule has 0 radical (unpaired) electrons. The number of ether oxygens (including phenoxy) is 2. The number of thioether (sulfide) groups is 2. The number of aryl methyl sites for hydroxylation is 1. The van der Waals surface area contributed by atoms with E-state index in [1.54, 1.807) is 37.7 Å². The molecule has 0 heterocycles. The van der Waals surface area contributed by atoms with Crippen LogP contribution in [0.4, 0.5) is 5.69 Å². The molecule has 2 aromatic carbocycles. The Bertz CT molecular complexity index is 735. The molecular weight excluding hydrogens is 354 g/mol. The molecule has 0 saturated heterocycles. The molecule has 0 saturated carbocycles. The zero-order valence-corrected chi connectivity index (χ0v) is 16.6. The van der Waals surface area contributed by atoms with Crippen LogP contribution in [0.5, 0.6) is 11.5 Å². The first kappa shape index (κ1) is 19.5. The fourth-order valence-corrected chi connectivity index (χ4v) is 3.81. The van der Waals surface area contributed by atoms with Crippen LogP contribution >= 0.6 is 23.5 Å². The topological polar surface area (TPSA) is 47.6 Å². The van der Waals surface area contributed by atoms with E-state index in [1.807, 2.05) is 49.6 Å². The third-order valence-corrected chi connectivity index (χ3v) is 5.49. The van der Waals surface area contributed by atoms with E-state index in [4.69, 9.17) is 9.47 Å². The van der Waals surface area contributed by atoms with Crippen LogP contribution in [0.25, 0.3) is 0 Å². The van der Waals surface area contributed by atoms with Gasteiger partial charge in [-0.2, -0.15) is 0 Å². The second kappa shape index (κ2) is 9.63. The van der Waals surface area contributed by atoms with Gasteiger partial charge in [-0.15, -0.1) is 23.5 Å². The fraction of sp³-hybridized carbons (Fsp3) is 0.316. The standard InChI is InChI=1S/C19H23NO3S2/c1-13-9-16(22-2)17(23-3)10-14(13)11-25-12-19(21)20-15-7-5-6-8-18(15)24-4/h5-10H,11-12H2,1-4H3,(H,20,21). The van der Waals surface area contributed by atoms with Crippen LogP contribution in [0.1, 0.15) is 11.1 Å². The average Bonchev–Trinajstić information content (AvgIpc) is 2.63. The number of amides is 1. The number of anilines is 1. The number of hydrogen-bond donors (Lipinski definition) is 1. The van der Waals surface area contributed by atoms with Crippen molar-refractivity contribution in [1.29, 1.82) is 0 Å². The lowest BCUT2D eigenvalue weighted by molar-refractivity contribution is -0.113. The van der Waals surface area contributed by atoms with Crippen molar-refractivity contribution in [3.8, 4) is 11.5 Å². The van der Waals surface area contributed by atoms with Crippen molar-refractivity contribution in [3.63, 3.8) is 0 Å². The van der Waals surface area contributed by atoms with E-state index < -0.39 is 0 Å². The minimum Gasteiger partial charge on any atom is -0.493 e. The summed E-state index contributed by atoms with van der Waals surface area (Å²) in [5.74, 6) is 2.58. The summed E-state index contributed by atoms with van der Waals surface area (Å²) in [5, 5.41) is 2.98. The zero-order valence-electron chi connectivity index (χ0n) is 14.9. The van der Waals surface area contributed by atoms with E-state index in [9.17, 15) is 4.79 Å². The first-order chi connectivity index (χ1) is 12.1. The molecule has 25 heavy (non-hydrogen) atoms. The first-order valence-corrected chi connectivity index (χ1v) is 10.2. The summed E-state index contributed by atoms with van der Waals surface area (Å²) in [6, 6.07) is 11.8. The predicted octanol–water partition coefficient (Wildman–Crippen LogP) is 4.61. The first-order valence-electron chi connectivity index (χ1n) is 7.81. The molecule has 1 amide bonds. The molecule has 134 valence electrons. The van der Waals surface area contributed by atoms with Gasteiger partial charge in [0, 0.05) is 10.6 Å². The number of carbonyl (C=O) groups excluding carboxylic acids is 1. The quantitative estimate of drug-likeness (QED) is 0.681. The molecule has 0 aliphatic heterocycles. The smallest absolute Gasteiger partial charge is 0.234 e. The van der Waals surface area contributed by atoms with Crippen molar-refractivity contribution < 1.29 is 14.3 Å². The van der Waals surface area contributed by atoms with Crippen LogP contribution in [-0.4, -0.2) is 32.1 Å². The van der Waals surface area contributed by atoms with E-state index in [-0.39, 0.29) is 5.91 Å². The number of nitrogens with one attached hydrogen (secondary N) is 1. The van der Waals surface area contributed by atoms with Gasteiger partial charge in [0.25, 0.3) is 0 Å². The maximum Gasteiger partial charge on any atom is 0.234 e. The third-order valence-electron chi connectivity index (χ3n) is 3.71. The number of para-hydroxylation sites is 1. The van der Waals surface area contributed by atoms with Gasteiger partial charge >= 0.3 is 0 Å². The second-order valence-corrected chi connectivity index (χ2v) is 7.21. The van der Waals surface area contributed by atoms with Gasteiger partial charge < -0.3 is 14.8 Å². The molecule has 6 heteroatoms. The van der Waals surface area contributed by atoms with Gasteiger partial charge in [0.2, 0.25) is 5.91 Å².